The fourth-order valence-electron chi connectivity index (χ4n) is 1.83. The third kappa shape index (κ3) is 4.79. The molecule has 0 saturated heterocycles. The van der Waals surface area contributed by atoms with Crippen molar-refractivity contribution in [1.29, 1.82) is 0 Å². The van der Waals surface area contributed by atoms with Crippen molar-refractivity contribution < 1.29 is 18.7 Å². The normalized spacial score (nSPS) is 11.9. The molecule has 0 spiro atoms. The predicted molar refractivity (Wildman–Crippen MR) is 84.8 cm³/mol. The highest BCUT2D eigenvalue weighted by molar-refractivity contribution is 6.36. The molecule has 0 aromatic heterocycles. The van der Waals surface area contributed by atoms with E-state index in [9.17, 15) is 18.7 Å². The van der Waals surface area contributed by atoms with Crippen LogP contribution in [-0.4, -0.2) is 17.7 Å². The Morgan fingerprint density at radius 3 is 2.57 bits per heavy atom. The summed E-state index contributed by atoms with van der Waals surface area (Å²) in [4.78, 5) is 11.7. The molecular formula is C15H12Cl2F2N2O2. The van der Waals surface area contributed by atoms with Crippen LogP contribution in [0.4, 0.5) is 19.3 Å². The van der Waals surface area contributed by atoms with Crippen LogP contribution in [0.1, 0.15) is 11.7 Å². The predicted octanol–water partition coefficient (Wildman–Crippen LogP) is 4.13. The highest BCUT2D eigenvalue weighted by Crippen LogP contribution is 2.25. The van der Waals surface area contributed by atoms with Crippen LogP contribution in [0.2, 0.25) is 10.0 Å². The Balaban J connectivity index is 1.93. The Morgan fingerprint density at radius 2 is 1.91 bits per heavy atom. The molecule has 4 nitrogen and oxygen atoms in total. The van der Waals surface area contributed by atoms with E-state index in [2.05, 4.69) is 10.6 Å². The van der Waals surface area contributed by atoms with Crippen LogP contribution in [0, 0.1) is 11.6 Å². The maximum absolute atomic E-state index is 13.5. The Bertz CT molecular complexity index is 729. The second kappa shape index (κ2) is 7.59. The van der Waals surface area contributed by atoms with Crippen molar-refractivity contribution in [2.75, 3.05) is 11.9 Å². The van der Waals surface area contributed by atoms with Gasteiger partial charge in [-0.15, -0.1) is 0 Å². The minimum absolute atomic E-state index is 0.115. The van der Waals surface area contributed by atoms with E-state index in [1.165, 1.54) is 12.1 Å². The second-order valence-corrected chi connectivity index (χ2v) is 5.48. The lowest BCUT2D eigenvalue weighted by Gasteiger charge is -2.14. The van der Waals surface area contributed by atoms with Gasteiger partial charge in [-0.2, -0.15) is 0 Å². The van der Waals surface area contributed by atoms with Crippen LogP contribution in [0.15, 0.2) is 36.4 Å². The van der Waals surface area contributed by atoms with E-state index in [0.29, 0.717) is 16.8 Å². The first-order valence-electron chi connectivity index (χ1n) is 6.49. The molecule has 0 bridgehead atoms. The third-order valence-electron chi connectivity index (χ3n) is 2.96. The van der Waals surface area contributed by atoms with Crippen LogP contribution in [-0.2, 0) is 0 Å². The summed E-state index contributed by atoms with van der Waals surface area (Å²) in [6.45, 7) is -0.264. The Kier molecular flexibility index (Phi) is 5.76. The molecule has 8 heteroatoms. The number of benzene rings is 2. The first kappa shape index (κ1) is 17.5. The number of urea groups is 1. The van der Waals surface area contributed by atoms with Crippen LogP contribution < -0.4 is 10.6 Å². The van der Waals surface area contributed by atoms with E-state index in [4.69, 9.17) is 23.2 Å². The molecule has 23 heavy (non-hydrogen) atoms. The fraction of sp³-hybridized carbons (Fsp3) is 0.133. The highest BCUT2D eigenvalue weighted by atomic mass is 35.5. The molecule has 0 heterocycles. The number of aliphatic hydroxyl groups excluding tert-OH is 1. The minimum Gasteiger partial charge on any atom is -0.386 e. The standard InChI is InChI=1S/C15H12Cl2F2N2O2/c16-8-1-4-13(11(17)5-8)21-15(23)20-7-14(22)10-3-2-9(18)6-12(10)19/h1-6,14,22H,7H2,(H2,20,21,23)/t14-/m1/s1. The number of anilines is 1. The zero-order chi connectivity index (χ0) is 17.0. The molecule has 122 valence electrons. The number of aliphatic hydroxyl groups is 1. The smallest absolute Gasteiger partial charge is 0.319 e. The summed E-state index contributed by atoms with van der Waals surface area (Å²) in [6, 6.07) is 6.68. The van der Waals surface area contributed by atoms with Gasteiger partial charge in [-0.05, 0) is 24.3 Å². The van der Waals surface area contributed by atoms with Gasteiger partial charge in [0.15, 0.2) is 0 Å². The quantitative estimate of drug-likeness (QED) is 0.767. The number of nitrogens with one attached hydrogen (secondary N) is 2. The topological polar surface area (TPSA) is 61.4 Å². The van der Waals surface area contributed by atoms with E-state index in [1.54, 1.807) is 6.07 Å². The van der Waals surface area contributed by atoms with E-state index in [0.717, 1.165) is 12.1 Å². The van der Waals surface area contributed by atoms with E-state index in [-0.39, 0.29) is 17.1 Å². The zero-order valence-corrected chi connectivity index (χ0v) is 13.1. The molecule has 2 amide bonds. The first-order chi connectivity index (χ1) is 10.9. The Morgan fingerprint density at radius 1 is 1.17 bits per heavy atom. The van der Waals surface area contributed by atoms with Gasteiger partial charge in [0, 0.05) is 23.2 Å². The van der Waals surface area contributed by atoms with Crippen molar-refractivity contribution in [3.8, 4) is 0 Å². The summed E-state index contributed by atoms with van der Waals surface area (Å²) >= 11 is 11.6. The number of amides is 2. The molecule has 0 aliphatic rings. The SMILES string of the molecule is O=C(NC[C@@H](O)c1ccc(F)cc1F)Nc1ccc(Cl)cc1Cl. The van der Waals surface area contributed by atoms with Gasteiger partial charge in [0.25, 0.3) is 0 Å². The lowest BCUT2D eigenvalue weighted by Crippen LogP contribution is -2.32. The van der Waals surface area contributed by atoms with E-state index < -0.39 is 23.8 Å². The minimum atomic E-state index is -1.32. The molecule has 0 unspecified atom stereocenters. The number of carbonyl (C=O) groups excluding carboxylic acids is 1. The Labute approximate surface area is 141 Å². The lowest BCUT2D eigenvalue weighted by molar-refractivity contribution is 0.170. The van der Waals surface area contributed by atoms with Gasteiger partial charge in [-0.3, -0.25) is 0 Å². The summed E-state index contributed by atoms with van der Waals surface area (Å²) in [5, 5.41) is 15.3. The molecule has 0 fully saturated rings. The monoisotopic (exact) mass is 360 g/mol. The lowest BCUT2D eigenvalue weighted by atomic mass is 10.1. The van der Waals surface area contributed by atoms with Gasteiger partial charge < -0.3 is 15.7 Å². The van der Waals surface area contributed by atoms with Crippen molar-refractivity contribution in [3.63, 3.8) is 0 Å². The first-order valence-corrected chi connectivity index (χ1v) is 7.25. The summed E-state index contributed by atoms with van der Waals surface area (Å²) in [6.07, 6.45) is -1.32. The number of rotatable bonds is 4. The van der Waals surface area contributed by atoms with Gasteiger partial charge in [-0.25, -0.2) is 13.6 Å². The van der Waals surface area contributed by atoms with Crippen molar-refractivity contribution in [2.45, 2.75) is 6.10 Å². The molecule has 2 aromatic carbocycles. The molecule has 0 radical (unpaired) electrons. The zero-order valence-electron chi connectivity index (χ0n) is 11.6. The summed E-state index contributed by atoms with van der Waals surface area (Å²) in [5.74, 6) is -1.64. The van der Waals surface area contributed by atoms with E-state index in [1.807, 2.05) is 0 Å². The Hall–Kier alpha value is -1.89. The fourth-order valence-corrected chi connectivity index (χ4v) is 2.28. The number of halogens is 4. The summed E-state index contributed by atoms with van der Waals surface area (Å²) in [5.41, 5.74) is 0.215. The van der Waals surface area contributed by atoms with Gasteiger partial charge in [0.05, 0.1) is 16.8 Å². The maximum atomic E-state index is 13.5. The van der Waals surface area contributed by atoms with Crippen LogP contribution in [0.5, 0.6) is 0 Å². The molecule has 1 atom stereocenters. The van der Waals surface area contributed by atoms with Crippen LogP contribution in [0.3, 0.4) is 0 Å². The van der Waals surface area contributed by atoms with E-state index >= 15 is 0 Å². The van der Waals surface area contributed by atoms with Crippen molar-refractivity contribution in [1.82, 2.24) is 5.32 Å². The summed E-state index contributed by atoms with van der Waals surface area (Å²) in [7, 11) is 0. The van der Waals surface area contributed by atoms with Crippen molar-refractivity contribution in [3.05, 3.63) is 63.6 Å². The molecule has 2 rings (SSSR count). The van der Waals surface area contributed by atoms with Crippen LogP contribution >= 0.6 is 23.2 Å². The van der Waals surface area contributed by atoms with Gasteiger partial charge in [-0.1, -0.05) is 29.3 Å². The molecule has 3 N–H and O–H groups in total. The molecule has 0 aliphatic carbocycles. The number of hydrogen-bond acceptors (Lipinski definition) is 2. The van der Waals surface area contributed by atoms with Gasteiger partial charge >= 0.3 is 6.03 Å². The molecular weight excluding hydrogens is 349 g/mol. The molecule has 0 aliphatic heterocycles. The number of hydrogen-bond donors (Lipinski definition) is 3. The third-order valence-corrected chi connectivity index (χ3v) is 3.50. The highest BCUT2D eigenvalue weighted by Gasteiger charge is 2.15. The molecule has 0 saturated carbocycles. The second-order valence-electron chi connectivity index (χ2n) is 4.64. The van der Waals surface area contributed by atoms with Crippen molar-refractivity contribution in [2.24, 2.45) is 0 Å². The van der Waals surface area contributed by atoms with Gasteiger partial charge in [0.1, 0.15) is 11.6 Å². The van der Waals surface area contributed by atoms with Crippen molar-refractivity contribution >= 4 is 34.9 Å². The summed E-state index contributed by atoms with van der Waals surface area (Å²) < 4.78 is 26.3. The maximum Gasteiger partial charge on any atom is 0.319 e. The average molecular weight is 361 g/mol. The number of carbonyl (C=O) groups is 1. The van der Waals surface area contributed by atoms with Crippen LogP contribution in [0.25, 0.3) is 0 Å². The van der Waals surface area contributed by atoms with Gasteiger partial charge in [0.2, 0.25) is 0 Å². The largest absolute Gasteiger partial charge is 0.386 e. The average Bonchev–Trinajstić information content (AvgIpc) is 2.48. The molecule has 2 aromatic rings.